The summed E-state index contributed by atoms with van der Waals surface area (Å²) in [5.74, 6) is -1.05. The molecule has 2 aromatic rings. The smallest absolute Gasteiger partial charge is 0.313 e. The quantitative estimate of drug-likeness (QED) is 0.820. The largest absolute Gasteiger partial charge is 0.481 e. The first-order valence-corrected chi connectivity index (χ1v) is 7.59. The summed E-state index contributed by atoms with van der Waals surface area (Å²) in [6.45, 7) is 0.682. The number of carboxylic acids is 1. The third kappa shape index (κ3) is 2.71. The second-order valence-corrected chi connectivity index (χ2v) is 5.70. The number of hydrogen-bond donors (Lipinski definition) is 2. The molecule has 0 spiro atoms. The van der Waals surface area contributed by atoms with Crippen LogP contribution in [-0.4, -0.2) is 43.8 Å². The van der Waals surface area contributed by atoms with Crippen LogP contribution in [0.5, 0.6) is 0 Å². The maximum Gasteiger partial charge on any atom is 0.313 e. The normalized spacial score (nSPS) is 18.7. The highest BCUT2D eigenvalue weighted by Gasteiger charge is 2.28. The van der Waals surface area contributed by atoms with Crippen molar-refractivity contribution in [2.75, 3.05) is 12.3 Å². The molecule has 0 aromatic carbocycles. The standard InChI is InChI=1S/C13H14N4O3S/c18-11(19)7-21-13-16-8-6-14-5-3-9(8)17(13)10-2-1-4-15-12(10)20/h3,5-6,10H,1-2,4,7H2,(H,15,20)(H,18,19). The third-order valence-electron chi connectivity index (χ3n) is 3.35. The van der Waals surface area contributed by atoms with E-state index in [1.165, 1.54) is 0 Å². The van der Waals surface area contributed by atoms with Gasteiger partial charge in [0, 0.05) is 12.7 Å². The summed E-state index contributed by atoms with van der Waals surface area (Å²) in [5.41, 5.74) is 1.48. The van der Waals surface area contributed by atoms with E-state index < -0.39 is 5.97 Å². The SMILES string of the molecule is O=C(O)CSc1nc2cnccc2n1C1CCCNC1=O. The van der Waals surface area contributed by atoms with Gasteiger partial charge in [0.1, 0.15) is 11.6 Å². The van der Waals surface area contributed by atoms with Gasteiger partial charge in [-0.25, -0.2) is 4.98 Å². The minimum atomic E-state index is -0.912. The maximum atomic E-state index is 12.1. The molecule has 0 radical (unpaired) electrons. The highest BCUT2D eigenvalue weighted by molar-refractivity contribution is 7.99. The third-order valence-corrected chi connectivity index (χ3v) is 4.29. The molecule has 1 atom stereocenters. The van der Waals surface area contributed by atoms with Crippen molar-refractivity contribution in [3.63, 3.8) is 0 Å². The van der Waals surface area contributed by atoms with E-state index in [4.69, 9.17) is 5.11 Å². The van der Waals surface area contributed by atoms with E-state index in [0.29, 0.717) is 17.2 Å². The molecule has 1 amide bonds. The summed E-state index contributed by atoms with van der Waals surface area (Å²) in [7, 11) is 0. The van der Waals surface area contributed by atoms with Crippen LogP contribution < -0.4 is 5.32 Å². The van der Waals surface area contributed by atoms with E-state index in [1.807, 2.05) is 4.57 Å². The number of nitrogens with zero attached hydrogens (tertiary/aromatic N) is 3. The van der Waals surface area contributed by atoms with Crippen molar-refractivity contribution in [2.45, 2.75) is 24.0 Å². The summed E-state index contributed by atoms with van der Waals surface area (Å²) >= 11 is 1.12. The lowest BCUT2D eigenvalue weighted by molar-refractivity contribution is -0.134. The maximum absolute atomic E-state index is 12.1. The highest BCUT2D eigenvalue weighted by Crippen LogP contribution is 2.30. The molecule has 3 heterocycles. The van der Waals surface area contributed by atoms with Gasteiger partial charge in [-0.05, 0) is 18.9 Å². The number of carbonyl (C=O) groups excluding carboxylic acids is 1. The van der Waals surface area contributed by atoms with Crippen molar-refractivity contribution in [3.05, 3.63) is 18.5 Å². The highest BCUT2D eigenvalue weighted by atomic mass is 32.2. The van der Waals surface area contributed by atoms with Gasteiger partial charge in [-0.2, -0.15) is 0 Å². The zero-order valence-electron chi connectivity index (χ0n) is 11.2. The van der Waals surface area contributed by atoms with E-state index in [-0.39, 0.29) is 17.7 Å². The molecule has 1 aliphatic rings. The van der Waals surface area contributed by atoms with Crippen molar-refractivity contribution in [2.24, 2.45) is 0 Å². The van der Waals surface area contributed by atoms with Crippen LogP contribution in [0, 0.1) is 0 Å². The second-order valence-electron chi connectivity index (χ2n) is 4.76. The molecular weight excluding hydrogens is 292 g/mol. The fourth-order valence-corrected chi connectivity index (χ4v) is 3.24. The number of pyridine rings is 1. The van der Waals surface area contributed by atoms with Gasteiger partial charge in [0.2, 0.25) is 5.91 Å². The average molecular weight is 306 g/mol. The van der Waals surface area contributed by atoms with Gasteiger partial charge in [-0.15, -0.1) is 0 Å². The number of piperidine rings is 1. The number of thioether (sulfide) groups is 1. The number of rotatable bonds is 4. The predicted molar refractivity (Wildman–Crippen MR) is 77.2 cm³/mol. The Labute approximate surface area is 124 Å². The number of fused-ring (bicyclic) bond motifs is 1. The summed E-state index contributed by atoms with van der Waals surface area (Å²) < 4.78 is 1.83. The monoisotopic (exact) mass is 306 g/mol. The molecule has 3 rings (SSSR count). The Balaban J connectivity index is 2.06. The number of hydrogen-bond acceptors (Lipinski definition) is 5. The van der Waals surface area contributed by atoms with Crippen LogP contribution in [0.2, 0.25) is 0 Å². The molecule has 2 aromatic heterocycles. The van der Waals surface area contributed by atoms with E-state index in [9.17, 15) is 9.59 Å². The Morgan fingerprint density at radius 2 is 2.43 bits per heavy atom. The van der Waals surface area contributed by atoms with Gasteiger partial charge >= 0.3 is 5.97 Å². The summed E-state index contributed by atoms with van der Waals surface area (Å²) in [6, 6.07) is 1.46. The molecule has 1 saturated heterocycles. The topological polar surface area (TPSA) is 97.1 Å². The number of aromatic nitrogens is 3. The Bertz CT molecular complexity index is 700. The minimum absolute atomic E-state index is 0.0467. The lowest BCUT2D eigenvalue weighted by Gasteiger charge is -2.24. The number of aliphatic carboxylic acids is 1. The molecule has 0 aliphatic carbocycles. The summed E-state index contributed by atoms with van der Waals surface area (Å²) in [5, 5.41) is 12.2. The number of imidazole rings is 1. The van der Waals surface area contributed by atoms with Crippen molar-refractivity contribution >= 4 is 34.7 Å². The van der Waals surface area contributed by atoms with Crippen molar-refractivity contribution < 1.29 is 14.7 Å². The molecule has 110 valence electrons. The molecule has 1 unspecified atom stereocenters. The zero-order valence-corrected chi connectivity index (χ0v) is 12.0. The van der Waals surface area contributed by atoms with Gasteiger partial charge < -0.3 is 15.0 Å². The van der Waals surface area contributed by atoms with Crippen LogP contribution in [0.4, 0.5) is 0 Å². The first-order valence-electron chi connectivity index (χ1n) is 6.61. The Kier molecular flexibility index (Phi) is 3.78. The first kappa shape index (κ1) is 13.9. The van der Waals surface area contributed by atoms with E-state index in [0.717, 1.165) is 30.1 Å². The molecule has 8 heteroatoms. The van der Waals surface area contributed by atoms with Crippen LogP contribution in [0.1, 0.15) is 18.9 Å². The van der Waals surface area contributed by atoms with Crippen LogP contribution in [0.25, 0.3) is 11.0 Å². The molecule has 1 fully saturated rings. The van der Waals surface area contributed by atoms with E-state index in [2.05, 4.69) is 15.3 Å². The fourth-order valence-electron chi connectivity index (χ4n) is 2.46. The fraction of sp³-hybridized carbons (Fsp3) is 0.385. The van der Waals surface area contributed by atoms with E-state index >= 15 is 0 Å². The van der Waals surface area contributed by atoms with Gasteiger partial charge in [0.05, 0.1) is 17.5 Å². The Morgan fingerprint density at radius 1 is 1.57 bits per heavy atom. The number of nitrogens with one attached hydrogen (secondary N) is 1. The molecular formula is C13H14N4O3S. The zero-order chi connectivity index (χ0) is 14.8. The summed E-state index contributed by atoms with van der Waals surface area (Å²) in [6.07, 6.45) is 4.88. The summed E-state index contributed by atoms with van der Waals surface area (Å²) in [4.78, 5) is 31.4. The molecule has 21 heavy (non-hydrogen) atoms. The molecule has 7 nitrogen and oxygen atoms in total. The van der Waals surface area contributed by atoms with Crippen molar-refractivity contribution in [3.8, 4) is 0 Å². The van der Waals surface area contributed by atoms with Gasteiger partial charge in [-0.3, -0.25) is 14.6 Å². The Morgan fingerprint density at radius 3 is 3.19 bits per heavy atom. The predicted octanol–water partition coefficient (Wildman–Crippen LogP) is 1.06. The van der Waals surface area contributed by atoms with Crippen molar-refractivity contribution in [1.29, 1.82) is 0 Å². The lowest BCUT2D eigenvalue weighted by Crippen LogP contribution is -2.38. The van der Waals surface area contributed by atoms with Crippen LogP contribution in [-0.2, 0) is 9.59 Å². The number of carboxylic acid groups (broad SMARTS) is 1. The Hall–Kier alpha value is -2.09. The van der Waals surface area contributed by atoms with Gasteiger partial charge in [0.25, 0.3) is 0 Å². The number of carbonyl (C=O) groups is 2. The number of amides is 1. The molecule has 0 saturated carbocycles. The van der Waals surface area contributed by atoms with Gasteiger partial charge in [-0.1, -0.05) is 11.8 Å². The van der Waals surface area contributed by atoms with Crippen LogP contribution in [0.3, 0.4) is 0 Å². The molecule has 1 aliphatic heterocycles. The second kappa shape index (κ2) is 5.72. The van der Waals surface area contributed by atoms with Gasteiger partial charge in [0.15, 0.2) is 5.16 Å². The minimum Gasteiger partial charge on any atom is -0.481 e. The first-order chi connectivity index (χ1) is 10.2. The molecule has 2 N–H and O–H groups in total. The van der Waals surface area contributed by atoms with Crippen LogP contribution >= 0.6 is 11.8 Å². The molecule has 0 bridgehead atoms. The lowest BCUT2D eigenvalue weighted by atomic mass is 10.1. The van der Waals surface area contributed by atoms with Crippen LogP contribution in [0.15, 0.2) is 23.6 Å². The van der Waals surface area contributed by atoms with E-state index in [1.54, 1.807) is 18.5 Å². The average Bonchev–Trinajstić information content (AvgIpc) is 2.84. The van der Waals surface area contributed by atoms with Crippen molar-refractivity contribution in [1.82, 2.24) is 19.9 Å².